The Morgan fingerprint density at radius 3 is 2.74 bits per heavy atom. The molecule has 1 fully saturated rings. The van der Waals surface area contributed by atoms with Gasteiger partial charge in [-0.15, -0.1) is 0 Å². The lowest BCUT2D eigenvalue weighted by Crippen LogP contribution is -2.53. The highest BCUT2D eigenvalue weighted by molar-refractivity contribution is 5.77. The summed E-state index contributed by atoms with van der Waals surface area (Å²) in [4.78, 5) is 13.0. The van der Waals surface area contributed by atoms with Gasteiger partial charge < -0.3 is 14.9 Å². The summed E-state index contributed by atoms with van der Waals surface area (Å²) in [5, 5.41) is 18.5. The fraction of sp³-hybridized carbons (Fsp3) is 0.783. The molecule has 0 heterocycles. The van der Waals surface area contributed by atoms with Crippen molar-refractivity contribution in [1.82, 2.24) is 0 Å². The van der Waals surface area contributed by atoms with E-state index >= 15 is 0 Å². The average Bonchev–Trinajstić information content (AvgIpc) is 2.65. The number of aliphatic hydroxyl groups is 2. The Bertz CT molecular complexity index is 634. The van der Waals surface area contributed by atoms with Crippen LogP contribution in [0.25, 0.3) is 0 Å². The molecule has 0 spiro atoms. The fourth-order valence-electron chi connectivity index (χ4n) is 5.98. The number of allylic oxidation sites excluding steroid dienone is 4. The summed E-state index contributed by atoms with van der Waals surface area (Å²) in [6.07, 6.45) is 10.1. The minimum absolute atomic E-state index is 0.116. The van der Waals surface area contributed by atoms with Crippen molar-refractivity contribution in [3.05, 3.63) is 23.3 Å². The first-order valence-corrected chi connectivity index (χ1v) is 10.6. The topological polar surface area (TPSA) is 66.8 Å². The van der Waals surface area contributed by atoms with E-state index in [4.69, 9.17) is 9.84 Å². The number of fused-ring (bicyclic) bond motifs is 3. The van der Waals surface area contributed by atoms with Crippen LogP contribution in [0.4, 0.5) is 0 Å². The number of aliphatic hydroxyl groups excluding tert-OH is 2. The van der Waals surface area contributed by atoms with Gasteiger partial charge in [-0.3, -0.25) is 4.79 Å². The van der Waals surface area contributed by atoms with Crippen LogP contribution in [0, 0.1) is 28.6 Å². The molecule has 0 radical (unpaired) electrons. The van der Waals surface area contributed by atoms with Gasteiger partial charge in [0.05, 0.1) is 12.0 Å². The maximum atomic E-state index is 13.0. The van der Waals surface area contributed by atoms with Gasteiger partial charge in [-0.1, -0.05) is 44.9 Å². The molecule has 3 aliphatic rings. The molecule has 2 unspecified atom stereocenters. The molecular weight excluding hydrogens is 340 g/mol. The summed E-state index contributed by atoms with van der Waals surface area (Å²) in [6.45, 7) is 8.48. The lowest BCUT2D eigenvalue weighted by Gasteiger charge is -2.57. The van der Waals surface area contributed by atoms with E-state index in [1.807, 2.05) is 0 Å². The molecule has 0 bridgehead atoms. The van der Waals surface area contributed by atoms with Gasteiger partial charge in [0.2, 0.25) is 0 Å². The molecule has 3 rings (SSSR count). The van der Waals surface area contributed by atoms with Crippen LogP contribution in [0.3, 0.4) is 0 Å². The maximum absolute atomic E-state index is 13.0. The van der Waals surface area contributed by atoms with Gasteiger partial charge >= 0.3 is 5.97 Å². The molecule has 4 nitrogen and oxygen atoms in total. The van der Waals surface area contributed by atoms with E-state index in [0.29, 0.717) is 11.8 Å². The number of esters is 1. The molecule has 2 N–H and O–H groups in total. The maximum Gasteiger partial charge on any atom is 0.312 e. The largest absolute Gasteiger partial charge is 0.462 e. The zero-order chi connectivity index (χ0) is 19.8. The number of rotatable bonds is 5. The second kappa shape index (κ2) is 7.71. The molecule has 5 atom stereocenters. The van der Waals surface area contributed by atoms with Crippen LogP contribution in [0.1, 0.15) is 66.2 Å². The minimum Gasteiger partial charge on any atom is -0.462 e. The molecule has 0 aromatic rings. The SMILES string of the molecule is CC(C)C1=CC2=CCC3[C@](C)(CCC[C@]3(C)C(=O)OCC(O)CO)[C@@H]2CC1. The Balaban J connectivity index is 1.85. The van der Waals surface area contributed by atoms with Gasteiger partial charge in [-0.2, -0.15) is 0 Å². The summed E-state index contributed by atoms with van der Waals surface area (Å²) in [7, 11) is 0. The normalized spacial score (nSPS) is 37.0. The number of ether oxygens (including phenoxy) is 1. The van der Waals surface area contributed by atoms with Gasteiger partial charge in [-0.05, 0) is 67.8 Å². The Hall–Kier alpha value is -1.13. The average molecular weight is 377 g/mol. The molecule has 0 aromatic carbocycles. The van der Waals surface area contributed by atoms with Crippen molar-refractivity contribution < 1.29 is 19.7 Å². The standard InChI is InChI=1S/C23H36O4/c1-15(2)16-6-8-19-17(12-16)7-9-20-22(19,3)10-5-11-23(20,4)21(26)27-14-18(25)13-24/h7,12,15,18-20,24-25H,5-6,8-11,13-14H2,1-4H3/t18?,19-,20?,22-,23+/m1/s1. The van der Waals surface area contributed by atoms with E-state index in [0.717, 1.165) is 32.1 Å². The van der Waals surface area contributed by atoms with Crippen LogP contribution in [0.15, 0.2) is 23.3 Å². The summed E-state index contributed by atoms with van der Waals surface area (Å²) >= 11 is 0. The predicted molar refractivity (Wildman–Crippen MR) is 106 cm³/mol. The van der Waals surface area contributed by atoms with Crippen LogP contribution in [-0.4, -0.2) is 35.5 Å². The van der Waals surface area contributed by atoms with Crippen molar-refractivity contribution in [3.8, 4) is 0 Å². The molecule has 0 saturated heterocycles. The lowest BCUT2D eigenvalue weighted by molar-refractivity contribution is -0.172. The monoisotopic (exact) mass is 376 g/mol. The second-order valence-corrected chi connectivity index (χ2v) is 9.67. The first kappa shape index (κ1) is 20.6. The Labute approximate surface area is 163 Å². The molecule has 0 aromatic heterocycles. The zero-order valence-electron chi connectivity index (χ0n) is 17.3. The molecule has 1 saturated carbocycles. The summed E-state index contributed by atoms with van der Waals surface area (Å²) in [6, 6.07) is 0. The third-order valence-electron chi connectivity index (χ3n) is 7.66. The lowest BCUT2D eigenvalue weighted by atomic mass is 9.47. The van der Waals surface area contributed by atoms with Crippen molar-refractivity contribution >= 4 is 5.97 Å². The van der Waals surface area contributed by atoms with E-state index in [2.05, 4.69) is 39.8 Å². The van der Waals surface area contributed by atoms with Crippen LogP contribution in [-0.2, 0) is 9.53 Å². The van der Waals surface area contributed by atoms with Crippen LogP contribution in [0.5, 0.6) is 0 Å². The van der Waals surface area contributed by atoms with Crippen LogP contribution < -0.4 is 0 Å². The van der Waals surface area contributed by atoms with E-state index in [-0.39, 0.29) is 30.5 Å². The Kier molecular flexibility index (Phi) is 5.88. The Morgan fingerprint density at radius 1 is 1.33 bits per heavy atom. The highest BCUT2D eigenvalue weighted by Gasteiger charge is 2.57. The molecule has 27 heavy (non-hydrogen) atoms. The summed E-state index contributed by atoms with van der Waals surface area (Å²) in [5.41, 5.74) is 2.63. The van der Waals surface area contributed by atoms with Gasteiger partial charge in [0.15, 0.2) is 0 Å². The molecule has 0 aliphatic heterocycles. The molecule has 4 heteroatoms. The smallest absolute Gasteiger partial charge is 0.312 e. The van der Waals surface area contributed by atoms with Crippen LogP contribution >= 0.6 is 0 Å². The van der Waals surface area contributed by atoms with Crippen molar-refractivity contribution in [3.63, 3.8) is 0 Å². The van der Waals surface area contributed by atoms with Gasteiger partial charge in [-0.25, -0.2) is 0 Å². The molecular formula is C23H36O4. The number of hydrogen-bond donors (Lipinski definition) is 2. The predicted octanol–water partition coefficient (Wildman–Crippen LogP) is 4.02. The molecule has 152 valence electrons. The van der Waals surface area contributed by atoms with E-state index < -0.39 is 11.5 Å². The quantitative estimate of drug-likeness (QED) is 0.711. The van der Waals surface area contributed by atoms with Crippen molar-refractivity contribution in [2.45, 2.75) is 72.3 Å². The first-order chi connectivity index (χ1) is 12.7. The highest BCUT2D eigenvalue weighted by atomic mass is 16.5. The van der Waals surface area contributed by atoms with Gasteiger partial charge in [0, 0.05) is 0 Å². The number of hydrogen-bond acceptors (Lipinski definition) is 4. The third-order valence-corrected chi connectivity index (χ3v) is 7.66. The first-order valence-electron chi connectivity index (χ1n) is 10.6. The highest BCUT2D eigenvalue weighted by Crippen LogP contribution is 2.62. The van der Waals surface area contributed by atoms with Gasteiger partial charge in [0.1, 0.15) is 12.7 Å². The molecule has 3 aliphatic carbocycles. The van der Waals surface area contributed by atoms with Crippen LogP contribution in [0.2, 0.25) is 0 Å². The number of carbonyl (C=O) groups excluding carboxylic acids is 1. The van der Waals surface area contributed by atoms with Crippen molar-refractivity contribution in [2.75, 3.05) is 13.2 Å². The van der Waals surface area contributed by atoms with Gasteiger partial charge in [0.25, 0.3) is 0 Å². The Morgan fingerprint density at radius 2 is 2.07 bits per heavy atom. The minimum atomic E-state index is -0.997. The zero-order valence-corrected chi connectivity index (χ0v) is 17.3. The van der Waals surface area contributed by atoms with Crippen molar-refractivity contribution in [2.24, 2.45) is 28.6 Å². The van der Waals surface area contributed by atoms with E-state index in [1.54, 1.807) is 5.57 Å². The summed E-state index contributed by atoms with van der Waals surface area (Å²) in [5.74, 6) is 1.17. The summed E-state index contributed by atoms with van der Waals surface area (Å²) < 4.78 is 5.43. The van der Waals surface area contributed by atoms with Crippen molar-refractivity contribution in [1.29, 1.82) is 0 Å². The third kappa shape index (κ3) is 3.63. The van der Waals surface area contributed by atoms with E-state index in [9.17, 15) is 9.90 Å². The fourth-order valence-corrected chi connectivity index (χ4v) is 5.98. The van der Waals surface area contributed by atoms with E-state index in [1.165, 1.54) is 12.0 Å². The number of carbonyl (C=O) groups is 1. The second-order valence-electron chi connectivity index (χ2n) is 9.67. The molecule has 0 amide bonds.